The molecule has 1 N–H and O–H groups in total. The summed E-state index contributed by atoms with van der Waals surface area (Å²) in [5, 5.41) is 13.4. The Morgan fingerprint density at radius 1 is 1.18 bits per heavy atom. The molecule has 9 nitrogen and oxygen atoms in total. The summed E-state index contributed by atoms with van der Waals surface area (Å²) in [6.45, 7) is 5.65. The molecule has 0 radical (unpaired) electrons. The van der Waals surface area contributed by atoms with Gasteiger partial charge in [-0.05, 0) is 30.7 Å². The molecule has 0 aromatic heterocycles. The predicted molar refractivity (Wildman–Crippen MR) is 122 cm³/mol. The van der Waals surface area contributed by atoms with Crippen molar-refractivity contribution in [2.24, 2.45) is 5.16 Å². The first-order chi connectivity index (χ1) is 16.4. The number of rotatable bonds is 6. The van der Waals surface area contributed by atoms with Gasteiger partial charge in [0.15, 0.2) is 11.5 Å². The number of carboxylic acid groups (broad SMARTS) is 1. The van der Waals surface area contributed by atoms with Crippen molar-refractivity contribution in [1.29, 1.82) is 0 Å². The number of ether oxygens (including phenoxy) is 5. The number of benzene rings is 2. The summed E-state index contributed by atoms with van der Waals surface area (Å²) in [4.78, 5) is 16.3. The van der Waals surface area contributed by atoms with E-state index in [0.29, 0.717) is 35.1 Å². The van der Waals surface area contributed by atoms with Crippen LogP contribution in [0.3, 0.4) is 0 Å². The monoisotopic (exact) mass is 467 g/mol. The van der Waals surface area contributed by atoms with Crippen molar-refractivity contribution in [3.63, 3.8) is 0 Å². The van der Waals surface area contributed by atoms with Gasteiger partial charge in [0, 0.05) is 29.2 Å². The average molecular weight is 467 g/mol. The maximum Gasteiger partial charge on any atom is 0.344 e. The maximum atomic E-state index is 11.1. The van der Waals surface area contributed by atoms with E-state index < -0.39 is 18.7 Å². The molecule has 0 aliphatic carbocycles. The Balaban J connectivity index is 1.64. The van der Waals surface area contributed by atoms with Crippen LogP contribution < -0.4 is 23.7 Å². The highest BCUT2D eigenvalue weighted by Gasteiger charge is 2.45. The molecule has 0 amide bonds. The third-order valence-corrected chi connectivity index (χ3v) is 6.24. The van der Waals surface area contributed by atoms with Crippen LogP contribution in [-0.2, 0) is 16.1 Å². The first-order valence-electron chi connectivity index (χ1n) is 10.9. The molecule has 34 heavy (non-hydrogen) atoms. The van der Waals surface area contributed by atoms with Crippen molar-refractivity contribution in [3.05, 3.63) is 53.1 Å². The number of carbonyl (C=O) groups is 1. The Hall–Kier alpha value is -3.88. The SMILES string of the molecule is C=C(C)[C@H]1Cc2c(ccc3c2O[C@@H]2COc4cc(OC)c(OC)cc4[C@@H]2C3=NOCC(=O)O)O1. The zero-order valence-corrected chi connectivity index (χ0v) is 19.1. The highest BCUT2D eigenvalue weighted by atomic mass is 16.6. The molecule has 2 aromatic rings. The van der Waals surface area contributed by atoms with Gasteiger partial charge in [-0.3, -0.25) is 0 Å². The van der Waals surface area contributed by atoms with Crippen molar-refractivity contribution in [2.75, 3.05) is 27.4 Å². The molecular weight excluding hydrogens is 442 g/mol. The second-order valence-corrected chi connectivity index (χ2v) is 8.41. The fraction of sp³-hybridized carbons (Fsp3) is 0.360. The van der Waals surface area contributed by atoms with Crippen LogP contribution >= 0.6 is 0 Å². The topological polar surface area (TPSA) is 105 Å². The molecule has 0 spiro atoms. The number of methoxy groups -OCH3 is 2. The fourth-order valence-corrected chi connectivity index (χ4v) is 4.62. The summed E-state index contributed by atoms with van der Waals surface area (Å²) < 4.78 is 29.5. The average Bonchev–Trinajstić information content (AvgIpc) is 3.27. The standard InChI is InChI=1S/C25H25NO8/c1-12(2)17-8-15-16(33-17)6-5-13-24(26-32-11-22(27)28)23-14-7-19(29-3)20(30-4)9-18(14)31-10-21(23)34-25(13)15/h5-7,9,17,21,23H,1,8,10-11H2,2-4H3,(H,27,28)/t17-,21-,23+/m1/s1. The van der Waals surface area contributed by atoms with Gasteiger partial charge in [0.25, 0.3) is 0 Å². The highest BCUT2D eigenvalue weighted by Crippen LogP contribution is 2.50. The van der Waals surface area contributed by atoms with E-state index in [4.69, 9.17) is 33.6 Å². The molecule has 0 bridgehead atoms. The highest BCUT2D eigenvalue weighted by molar-refractivity contribution is 6.09. The zero-order valence-electron chi connectivity index (χ0n) is 19.1. The van der Waals surface area contributed by atoms with Crippen molar-refractivity contribution in [2.45, 2.75) is 31.5 Å². The Morgan fingerprint density at radius 2 is 1.94 bits per heavy atom. The number of hydrogen-bond donors (Lipinski definition) is 1. The van der Waals surface area contributed by atoms with Gasteiger partial charge in [-0.25, -0.2) is 4.79 Å². The van der Waals surface area contributed by atoms with Crippen LogP contribution in [0.4, 0.5) is 0 Å². The predicted octanol–water partition coefficient (Wildman–Crippen LogP) is 3.33. The minimum absolute atomic E-state index is 0.133. The molecule has 0 fully saturated rings. The van der Waals surface area contributed by atoms with Gasteiger partial charge in [-0.2, -0.15) is 0 Å². The summed E-state index contributed by atoms with van der Waals surface area (Å²) in [6, 6.07) is 7.34. The maximum absolute atomic E-state index is 11.1. The van der Waals surface area contributed by atoms with E-state index in [9.17, 15) is 4.79 Å². The summed E-state index contributed by atoms with van der Waals surface area (Å²) >= 11 is 0. The van der Waals surface area contributed by atoms with Gasteiger partial charge in [-0.1, -0.05) is 11.7 Å². The summed E-state index contributed by atoms with van der Waals surface area (Å²) in [7, 11) is 3.12. The van der Waals surface area contributed by atoms with Crippen LogP contribution in [0, 0.1) is 0 Å². The Labute approximate surface area is 196 Å². The Bertz CT molecular complexity index is 1200. The van der Waals surface area contributed by atoms with E-state index in [1.54, 1.807) is 20.3 Å². The number of carboxylic acids is 1. The van der Waals surface area contributed by atoms with Crippen LogP contribution in [0.1, 0.15) is 29.5 Å². The first kappa shape index (κ1) is 21.9. The molecule has 2 aromatic carbocycles. The molecule has 3 atom stereocenters. The summed E-state index contributed by atoms with van der Waals surface area (Å²) in [5.41, 5.74) is 3.92. The van der Waals surface area contributed by atoms with E-state index in [1.165, 1.54) is 0 Å². The van der Waals surface area contributed by atoms with Crippen molar-refractivity contribution in [1.82, 2.24) is 0 Å². The summed E-state index contributed by atoms with van der Waals surface area (Å²) in [5.74, 6) is 1.59. The first-order valence-corrected chi connectivity index (χ1v) is 10.9. The molecular formula is C25H25NO8. The quantitative estimate of drug-likeness (QED) is 0.510. The third-order valence-electron chi connectivity index (χ3n) is 6.24. The largest absolute Gasteiger partial charge is 0.493 e. The Kier molecular flexibility index (Phi) is 5.47. The smallest absolute Gasteiger partial charge is 0.344 e. The molecule has 3 heterocycles. The lowest BCUT2D eigenvalue weighted by Gasteiger charge is -2.39. The summed E-state index contributed by atoms with van der Waals surface area (Å²) in [6.07, 6.45) is 0.0731. The fourth-order valence-electron chi connectivity index (χ4n) is 4.62. The second kappa shape index (κ2) is 8.48. The number of aliphatic carboxylic acids is 1. The molecule has 0 saturated heterocycles. The third kappa shape index (κ3) is 3.57. The molecule has 3 aliphatic heterocycles. The zero-order chi connectivity index (χ0) is 24.0. The van der Waals surface area contributed by atoms with Crippen LogP contribution in [0.2, 0.25) is 0 Å². The second-order valence-electron chi connectivity index (χ2n) is 8.41. The van der Waals surface area contributed by atoms with Crippen LogP contribution in [-0.4, -0.2) is 56.4 Å². The van der Waals surface area contributed by atoms with E-state index in [0.717, 1.165) is 28.0 Å². The lowest BCUT2D eigenvalue weighted by atomic mass is 9.80. The van der Waals surface area contributed by atoms with E-state index in [1.807, 2.05) is 25.1 Å². The normalized spacial score (nSPS) is 22.7. The van der Waals surface area contributed by atoms with Gasteiger partial charge in [0.1, 0.15) is 41.8 Å². The van der Waals surface area contributed by atoms with Crippen molar-refractivity contribution >= 4 is 11.7 Å². The van der Waals surface area contributed by atoms with Crippen LogP contribution in [0.25, 0.3) is 0 Å². The van der Waals surface area contributed by atoms with Gasteiger partial charge < -0.3 is 33.6 Å². The molecule has 3 aliphatic rings. The van der Waals surface area contributed by atoms with E-state index in [-0.39, 0.29) is 18.6 Å². The number of hydrogen-bond acceptors (Lipinski definition) is 8. The number of oxime groups is 1. The van der Waals surface area contributed by atoms with Gasteiger partial charge in [-0.15, -0.1) is 0 Å². The van der Waals surface area contributed by atoms with Crippen molar-refractivity contribution in [3.8, 4) is 28.7 Å². The minimum atomic E-state index is -1.11. The molecule has 5 rings (SSSR count). The van der Waals surface area contributed by atoms with Gasteiger partial charge in [0.2, 0.25) is 6.61 Å². The minimum Gasteiger partial charge on any atom is -0.493 e. The number of nitrogens with zero attached hydrogens (tertiary/aromatic N) is 1. The lowest BCUT2D eigenvalue weighted by Crippen LogP contribution is -2.43. The number of fused-ring (bicyclic) bond motifs is 6. The van der Waals surface area contributed by atoms with E-state index >= 15 is 0 Å². The van der Waals surface area contributed by atoms with E-state index in [2.05, 4.69) is 11.7 Å². The Morgan fingerprint density at radius 3 is 2.65 bits per heavy atom. The molecule has 9 heteroatoms. The lowest BCUT2D eigenvalue weighted by molar-refractivity contribution is -0.142. The molecule has 178 valence electrons. The van der Waals surface area contributed by atoms with Gasteiger partial charge in [0.05, 0.1) is 20.1 Å². The molecule has 0 saturated carbocycles. The van der Waals surface area contributed by atoms with Gasteiger partial charge >= 0.3 is 5.97 Å². The van der Waals surface area contributed by atoms with Crippen molar-refractivity contribution < 1.29 is 38.4 Å². The van der Waals surface area contributed by atoms with Crippen LogP contribution in [0.15, 0.2) is 41.6 Å². The molecule has 0 unspecified atom stereocenters. The van der Waals surface area contributed by atoms with Crippen LogP contribution in [0.5, 0.6) is 28.7 Å².